The van der Waals surface area contributed by atoms with Crippen LogP contribution >= 0.6 is 11.6 Å². The van der Waals surface area contributed by atoms with Crippen molar-refractivity contribution < 1.29 is 18.3 Å². The summed E-state index contributed by atoms with van der Waals surface area (Å²) in [7, 11) is 1.98. The first-order valence-corrected chi connectivity index (χ1v) is 12.4. The van der Waals surface area contributed by atoms with E-state index in [2.05, 4.69) is 4.90 Å². The van der Waals surface area contributed by atoms with E-state index in [-0.39, 0.29) is 11.5 Å². The Kier molecular flexibility index (Phi) is 6.85. The average molecular weight is 519 g/mol. The first-order valence-electron chi connectivity index (χ1n) is 12.0. The zero-order valence-electron chi connectivity index (χ0n) is 20.2. The van der Waals surface area contributed by atoms with Crippen LogP contribution in [0.1, 0.15) is 47.2 Å². The summed E-state index contributed by atoms with van der Waals surface area (Å²) in [5, 5.41) is 0.839. The summed E-state index contributed by atoms with van der Waals surface area (Å²) in [6.07, 6.45) is 7.39. The molecule has 0 atom stereocenters. The van der Waals surface area contributed by atoms with E-state index in [0.717, 1.165) is 59.8 Å². The molecule has 4 nitrogen and oxygen atoms in total. The summed E-state index contributed by atoms with van der Waals surface area (Å²) in [6, 6.07) is 15.7. The predicted octanol–water partition coefficient (Wildman–Crippen LogP) is 7.69. The van der Waals surface area contributed by atoms with E-state index in [1.165, 1.54) is 6.07 Å². The van der Waals surface area contributed by atoms with Crippen molar-refractivity contribution in [3.05, 3.63) is 117 Å². The molecule has 188 valence electrons. The van der Waals surface area contributed by atoms with Gasteiger partial charge in [-0.05, 0) is 98.0 Å². The number of ketones is 1. The zero-order valence-corrected chi connectivity index (χ0v) is 21.0. The lowest BCUT2D eigenvalue weighted by molar-refractivity contribution is 0.103. The summed E-state index contributed by atoms with van der Waals surface area (Å²) >= 11 is 6.08. The largest absolute Gasteiger partial charge is 0.457 e. The highest BCUT2D eigenvalue weighted by molar-refractivity contribution is 6.29. The molecule has 37 heavy (non-hydrogen) atoms. The lowest BCUT2D eigenvalue weighted by atomic mass is 9.99. The van der Waals surface area contributed by atoms with Crippen LogP contribution in [0.25, 0.3) is 5.70 Å². The highest BCUT2D eigenvalue weighted by Crippen LogP contribution is 2.36. The van der Waals surface area contributed by atoms with Gasteiger partial charge in [0.05, 0.1) is 0 Å². The number of benzene rings is 3. The Morgan fingerprint density at radius 2 is 1.57 bits per heavy atom. The molecule has 1 saturated carbocycles. The van der Waals surface area contributed by atoms with Gasteiger partial charge in [-0.25, -0.2) is 8.78 Å². The van der Waals surface area contributed by atoms with Crippen LogP contribution in [-0.4, -0.2) is 12.8 Å². The summed E-state index contributed by atoms with van der Waals surface area (Å²) in [4.78, 5) is 15.5. The smallest absolute Gasteiger partial charge is 0.193 e. The molecule has 0 aromatic heterocycles. The monoisotopic (exact) mass is 518 g/mol. The quantitative estimate of drug-likeness (QED) is 0.326. The number of nitrogens with zero attached hydrogens (tertiary/aromatic N) is 1. The van der Waals surface area contributed by atoms with Crippen LogP contribution in [0, 0.1) is 11.6 Å². The van der Waals surface area contributed by atoms with E-state index < -0.39 is 11.6 Å². The van der Waals surface area contributed by atoms with E-state index in [4.69, 9.17) is 22.1 Å². The van der Waals surface area contributed by atoms with Gasteiger partial charge in [0.1, 0.15) is 11.5 Å². The molecule has 0 heterocycles. The molecule has 3 aromatic carbocycles. The van der Waals surface area contributed by atoms with Crippen molar-refractivity contribution >= 4 is 28.8 Å². The Bertz CT molecular complexity index is 1470. The average Bonchev–Trinajstić information content (AvgIpc) is 3.76. The second-order valence-electron chi connectivity index (χ2n) is 9.15. The van der Waals surface area contributed by atoms with Crippen molar-refractivity contribution in [1.29, 1.82) is 0 Å². The van der Waals surface area contributed by atoms with Crippen LogP contribution < -0.4 is 15.4 Å². The van der Waals surface area contributed by atoms with Gasteiger partial charge in [0, 0.05) is 51.9 Å². The van der Waals surface area contributed by atoms with Crippen molar-refractivity contribution in [3.8, 4) is 11.5 Å². The maximum absolute atomic E-state index is 13.7. The molecular formula is C30H25ClF2N2O2. The highest BCUT2D eigenvalue weighted by Gasteiger charge is 2.20. The van der Waals surface area contributed by atoms with Gasteiger partial charge in [-0.1, -0.05) is 11.6 Å². The van der Waals surface area contributed by atoms with Gasteiger partial charge in [0.25, 0.3) is 0 Å². The number of carbonyl (C=O) groups is 1. The maximum Gasteiger partial charge on any atom is 0.193 e. The second-order valence-corrected chi connectivity index (χ2v) is 9.63. The van der Waals surface area contributed by atoms with Crippen LogP contribution in [0.15, 0.2) is 89.1 Å². The maximum atomic E-state index is 13.7. The fourth-order valence-corrected chi connectivity index (χ4v) is 4.36. The minimum atomic E-state index is -1.02. The Morgan fingerprint density at radius 3 is 2.22 bits per heavy atom. The third-order valence-corrected chi connectivity index (χ3v) is 6.83. The third kappa shape index (κ3) is 5.59. The van der Waals surface area contributed by atoms with Crippen LogP contribution in [0.2, 0.25) is 0 Å². The van der Waals surface area contributed by atoms with Crippen LogP contribution in [0.3, 0.4) is 0 Å². The number of carbonyl (C=O) groups excluding carboxylic acids is 1. The molecule has 5 rings (SSSR count). The molecule has 2 aliphatic rings. The highest BCUT2D eigenvalue weighted by atomic mass is 35.5. The molecule has 0 unspecified atom stereocenters. The lowest BCUT2D eigenvalue weighted by Gasteiger charge is -2.24. The zero-order chi connectivity index (χ0) is 26.1. The van der Waals surface area contributed by atoms with Gasteiger partial charge in [0.15, 0.2) is 17.4 Å². The number of anilines is 1. The molecule has 1 fully saturated rings. The Labute approximate surface area is 219 Å². The fourth-order valence-electron chi connectivity index (χ4n) is 4.21. The number of hydrogen-bond acceptors (Lipinski definition) is 4. The van der Waals surface area contributed by atoms with Gasteiger partial charge in [-0.15, -0.1) is 0 Å². The van der Waals surface area contributed by atoms with Crippen LogP contribution in [0.5, 0.6) is 11.5 Å². The first-order chi connectivity index (χ1) is 17.8. The number of nitrogens with two attached hydrogens (primary N) is 1. The topological polar surface area (TPSA) is 55.6 Å². The SMILES string of the molecule is CN(C1=CC=C(Cl)CC1)c1ccc(C(=O)c2cc(Oc3ccc(F)c(F)c3)cc(C(N)=C3CC3)c2)cc1. The van der Waals surface area contributed by atoms with Gasteiger partial charge >= 0.3 is 0 Å². The number of allylic oxidation sites excluding steroid dienone is 5. The molecule has 0 radical (unpaired) electrons. The molecule has 0 bridgehead atoms. The van der Waals surface area contributed by atoms with Crippen molar-refractivity contribution in [2.45, 2.75) is 25.7 Å². The Morgan fingerprint density at radius 1 is 0.838 bits per heavy atom. The molecule has 7 heteroatoms. The Balaban J connectivity index is 1.43. The molecule has 0 saturated heterocycles. The molecule has 2 aliphatic carbocycles. The summed E-state index contributed by atoms with van der Waals surface area (Å²) < 4.78 is 32.8. The molecular weight excluding hydrogens is 494 g/mol. The normalized spacial score (nSPS) is 14.5. The van der Waals surface area contributed by atoms with Crippen molar-refractivity contribution in [1.82, 2.24) is 0 Å². The van der Waals surface area contributed by atoms with E-state index in [1.807, 2.05) is 31.3 Å². The number of hydrogen-bond donors (Lipinski definition) is 1. The molecule has 0 spiro atoms. The van der Waals surface area contributed by atoms with Gasteiger partial charge in [-0.3, -0.25) is 4.79 Å². The van der Waals surface area contributed by atoms with Crippen LogP contribution in [-0.2, 0) is 0 Å². The Hall–Kier alpha value is -3.90. The van der Waals surface area contributed by atoms with Gasteiger partial charge < -0.3 is 15.4 Å². The molecule has 2 N–H and O–H groups in total. The molecule has 0 aliphatic heterocycles. The lowest BCUT2D eigenvalue weighted by Crippen LogP contribution is -2.17. The van der Waals surface area contributed by atoms with E-state index in [0.29, 0.717) is 28.1 Å². The van der Waals surface area contributed by atoms with E-state index in [9.17, 15) is 13.6 Å². The summed E-state index contributed by atoms with van der Waals surface area (Å²) in [5.74, 6) is -1.76. The summed E-state index contributed by atoms with van der Waals surface area (Å²) in [6.45, 7) is 0. The van der Waals surface area contributed by atoms with Gasteiger partial charge in [0.2, 0.25) is 0 Å². The van der Waals surface area contributed by atoms with E-state index in [1.54, 1.807) is 30.3 Å². The minimum absolute atomic E-state index is 0.118. The van der Waals surface area contributed by atoms with Crippen molar-refractivity contribution in [2.75, 3.05) is 11.9 Å². The summed E-state index contributed by atoms with van der Waals surface area (Å²) in [5.41, 5.74) is 11.7. The number of ether oxygens (including phenoxy) is 1. The molecule has 0 amide bonds. The standard InChI is InChI=1S/C30H25ClF2N2O2/c1-35(24-10-6-22(31)7-11-24)23-8-4-19(5-9-23)30(36)21-14-20(29(34)18-2-3-18)15-26(16-21)37-25-12-13-27(32)28(33)17-25/h4-6,8-10,12-17H,2-3,7,11,34H2,1H3. The predicted molar refractivity (Wildman–Crippen MR) is 143 cm³/mol. The van der Waals surface area contributed by atoms with Gasteiger partial charge in [-0.2, -0.15) is 0 Å². The van der Waals surface area contributed by atoms with E-state index >= 15 is 0 Å². The third-order valence-electron chi connectivity index (χ3n) is 6.51. The first kappa shape index (κ1) is 24.8. The number of halogens is 3. The second kappa shape index (κ2) is 10.2. The minimum Gasteiger partial charge on any atom is -0.457 e. The molecule has 3 aromatic rings. The van der Waals surface area contributed by atoms with Crippen molar-refractivity contribution in [3.63, 3.8) is 0 Å². The number of rotatable bonds is 7. The van der Waals surface area contributed by atoms with Crippen molar-refractivity contribution in [2.24, 2.45) is 5.73 Å². The van der Waals surface area contributed by atoms with Crippen LogP contribution in [0.4, 0.5) is 14.5 Å². The fraction of sp³-hybridized carbons (Fsp3) is 0.167.